The van der Waals surface area contributed by atoms with Gasteiger partial charge in [-0.1, -0.05) is 38.1 Å². The summed E-state index contributed by atoms with van der Waals surface area (Å²) in [6.07, 6.45) is 2.97. The van der Waals surface area contributed by atoms with Gasteiger partial charge < -0.3 is 5.32 Å². The number of fused-ring (bicyclic) bond motifs is 1. The van der Waals surface area contributed by atoms with Crippen LogP contribution in [-0.4, -0.2) is 26.1 Å². The van der Waals surface area contributed by atoms with Crippen molar-refractivity contribution in [3.63, 3.8) is 0 Å². The van der Waals surface area contributed by atoms with E-state index in [-0.39, 0.29) is 12.5 Å². The normalized spacial score (nSPS) is 12.8. The van der Waals surface area contributed by atoms with E-state index in [0.29, 0.717) is 22.3 Å². The third kappa shape index (κ3) is 3.53. The Hall–Kier alpha value is -3.05. The van der Waals surface area contributed by atoms with Crippen LogP contribution in [0.3, 0.4) is 0 Å². The van der Waals surface area contributed by atoms with Crippen LogP contribution in [-0.2, 0) is 24.2 Å². The standard InChI is InChI=1S/C20H20N6OS/c1-12(2)13-6-8-14(9-7-13)19-23-25-26(24-19)11-18(27)22-20-16(10-21)15-4-3-5-17(15)28-20/h6-9,12H,3-5,11H2,1-2H3,(H,22,27). The highest BCUT2D eigenvalue weighted by Gasteiger charge is 2.23. The third-order valence-corrected chi connectivity index (χ3v) is 6.07. The summed E-state index contributed by atoms with van der Waals surface area (Å²) in [7, 11) is 0. The number of nitrogens with zero attached hydrogens (tertiary/aromatic N) is 5. The van der Waals surface area contributed by atoms with Gasteiger partial charge in [0, 0.05) is 10.4 Å². The number of rotatable bonds is 5. The number of aryl methyl sites for hydroxylation is 1. The maximum Gasteiger partial charge on any atom is 0.248 e. The number of nitrogens with one attached hydrogen (secondary N) is 1. The van der Waals surface area contributed by atoms with Gasteiger partial charge in [0.2, 0.25) is 11.7 Å². The minimum Gasteiger partial charge on any atom is -0.315 e. The molecule has 0 unspecified atom stereocenters. The molecule has 8 heteroatoms. The summed E-state index contributed by atoms with van der Waals surface area (Å²) in [6, 6.07) is 10.2. The Balaban J connectivity index is 1.44. The Bertz CT molecular complexity index is 1060. The van der Waals surface area contributed by atoms with Gasteiger partial charge in [0.15, 0.2) is 0 Å². The maximum absolute atomic E-state index is 12.4. The summed E-state index contributed by atoms with van der Waals surface area (Å²) in [5.41, 5.74) is 3.79. The molecule has 28 heavy (non-hydrogen) atoms. The molecule has 1 aliphatic carbocycles. The van der Waals surface area contributed by atoms with Crippen LogP contribution < -0.4 is 5.32 Å². The molecule has 7 nitrogen and oxygen atoms in total. The van der Waals surface area contributed by atoms with Crippen LogP contribution in [0, 0.1) is 11.3 Å². The number of tetrazole rings is 1. The summed E-state index contributed by atoms with van der Waals surface area (Å²) in [5, 5.41) is 25.2. The molecule has 3 aromatic rings. The number of nitriles is 1. The predicted octanol–water partition coefficient (Wildman–Crippen LogP) is 3.52. The van der Waals surface area contributed by atoms with Crippen LogP contribution in [0.15, 0.2) is 24.3 Å². The molecular formula is C20H20N6OS. The fourth-order valence-corrected chi connectivity index (χ4v) is 4.60. The van der Waals surface area contributed by atoms with Crippen LogP contribution in [0.4, 0.5) is 5.00 Å². The molecule has 142 valence electrons. The van der Waals surface area contributed by atoms with Gasteiger partial charge in [-0.2, -0.15) is 10.1 Å². The number of thiophene rings is 1. The molecule has 0 radical (unpaired) electrons. The summed E-state index contributed by atoms with van der Waals surface area (Å²) in [4.78, 5) is 14.9. The van der Waals surface area contributed by atoms with Crippen LogP contribution in [0.5, 0.6) is 0 Å². The number of carbonyl (C=O) groups is 1. The molecule has 1 aromatic carbocycles. The van der Waals surface area contributed by atoms with E-state index in [1.54, 1.807) is 0 Å². The Morgan fingerprint density at radius 3 is 2.82 bits per heavy atom. The highest BCUT2D eigenvalue weighted by Crippen LogP contribution is 2.38. The molecule has 0 spiro atoms. The molecule has 0 atom stereocenters. The molecule has 0 saturated heterocycles. The molecule has 0 aliphatic heterocycles. The minimum atomic E-state index is -0.268. The van der Waals surface area contributed by atoms with Crippen molar-refractivity contribution < 1.29 is 4.79 Å². The number of aromatic nitrogens is 4. The van der Waals surface area contributed by atoms with Gasteiger partial charge in [0.1, 0.15) is 17.6 Å². The van der Waals surface area contributed by atoms with Gasteiger partial charge >= 0.3 is 0 Å². The number of carbonyl (C=O) groups excluding carboxylic acids is 1. The lowest BCUT2D eigenvalue weighted by atomic mass is 10.0. The molecule has 0 saturated carbocycles. The van der Waals surface area contributed by atoms with E-state index in [4.69, 9.17) is 0 Å². The Morgan fingerprint density at radius 1 is 1.32 bits per heavy atom. The van der Waals surface area contributed by atoms with Crippen LogP contribution in [0.25, 0.3) is 11.4 Å². The van der Waals surface area contributed by atoms with E-state index in [1.165, 1.54) is 26.6 Å². The molecule has 4 rings (SSSR count). The number of amides is 1. The second-order valence-corrected chi connectivity index (χ2v) is 8.25. The average molecular weight is 392 g/mol. The zero-order chi connectivity index (χ0) is 19.7. The zero-order valence-electron chi connectivity index (χ0n) is 15.8. The molecule has 2 heterocycles. The summed E-state index contributed by atoms with van der Waals surface area (Å²) < 4.78 is 0. The predicted molar refractivity (Wildman–Crippen MR) is 107 cm³/mol. The first kappa shape index (κ1) is 18.3. The summed E-state index contributed by atoms with van der Waals surface area (Å²) >= 11 is 1.50. The second kappa shape index (κ2) is 7.52. The van der Waals surface area contributed by atoms with Crippen molar-refractivity contribution in [3.05, 3.63) is 45.8 Å². The largest absolute Gasteiger partial charge is 0.315 e. The Kier molecular flexibility index (Phi) is 4.92. The first-order valence-electron chi connectivity index (χ1n) is 9.27. The molecule has 1 N–H and O–H groups in total. The Morgan fingerprint density at radius 2 is 2.11 bits per heavy atom. The van der Waals surface area contributed by atoms with Crippen molar-refractivity contribution in [2.45, 2.75) is 45.6 Å². The molecule has 1 aliphatic rings. The number of anilines is 1. The van der Waals surface area contributed by atoms with E-state index in [0.717, 1.165) is 30.4 Å². The maximum atomic E-state index is 12.4. The van der Waals surface area contributed by atoms with Crippen molar-refractivity contribution in [3.8, 4) is 17.5 Å². The lowest BCUT2D eigenvalue weighted by Crippen LogP contribution is -2.20. The quantitative estimate of drug-likeness (QED) is 0.716. The topological polar surface area (TPSA) is 96.5 Å². The number of hydrogen-bond donors (Lipinski definition) is 1. The summed E-state index contributed by atoms with van der Waals surface area (Å²) in [6.45, 7) is 4.23. The van der Waals surface area contributed by atoms with E-state index in [9.17, 15) is 10.1 Å². The lowest BCUT2D eigenvalue weighted by Gasteiger charge is -2.04. The SMILES string of the molecule is CC(C)c1ccc(-c2nnn(CC(=O)Nc3sc4c(c3C#N)CCC4)n2)cc1. The highest BCUT2D eigenvalue weighted by atomic mass is 32.1. The van der Waals surface area contributed by atoms with Crippen LogP contribution >= 0.6 is 11.3 Å². The third-order valence-electron chi connectivity index (χ3n) is 4.86. The molecular weight excluding hydrogens is 372 g/mol. The van der Waals surface area contributed by atoms with Gasteiger partial charge in [0.05, 0.1) is 5.56 Å². The Labute approximate surface area is 167 Å². The fraction of sp³-hybridized carbons (Fsp3) is 0.350. The minimum absolute atomic E-state index is 0.0511. The van der Waals surface area contributed by atoms with Crippen molar-refractivity contribution >= 4 is 22.2 Å². The lowest BCUT2D eigenvalue weighted by molar-refractivity contribution is -0.117. The van der Waals surface area contributed by atoms with Crippen molar-refractivity contribution in [2.75, 3.05) is 5.32 Å². The van der Waals surface area contributed by atoms with Gasteiger partial charge in [-0.05, 0) is 41.5 Å². The monoisotopic (exact) mass is 392 g/mol. The van der Waals surface area contributed by atoms with Gasteiger partial charge in [-0.3, -0.25) is 4.79 Å². The molecule has 0 bridgehead atoms. The van der Waals surface area contributed by atoms with Crippen LogP contribution in [0.2, 0.25) is 0 Å². The van der Waals surface area contributed by atoms with E-state index < -0.39 is 0 Å². The van der Waals surface area contributed by atoms with E-state index in [2.05, 4.69) is 40.6 Å². The first-order valence-corrected chi connectivity index (χ1v) is 10.1. The van der Waals surface area contributed by atoms with Crippen molar-refractivity contribution in [2.24, 2.45) is 0 Å². The number of hydrogen-bond acceptors (Lipinski definition) is 6. The van der Waals surface area contributed by atoms with Gasteiger partial charge in [0.25, 0.3) is 0 Å². The molecule has 1 amide bonds. The van der Waals surface area contributed by atoms with Crippen LogP contribution in [0.1, 0.15) is 47.8 Å². The smallest absolute Gasteiger partial charge is 0.248 e. The van der Waals surface area contributed by atoms with Crippen molar-refractivity contribution in [1.82, 2.24) is 20.2 Å². The second-order valence-electron chi connectivity index (χ2n) is 7.14. The van der Waals surface area contributed by atoms with Gasteiger partial charge in [-0.25, -0.2) is 0 Å². The zero-order valence-corrected chi connectivity index (χ0v) is 16.6. The highest BCUT2D eigenvalue weighted by molar-refractivity contribution is 7.16. The molecule has 0 fully saturated rings. The van der Waals surface area contributed by atoms with Gasteiger partial charge in [-0.15, -0.1) is 21.5 Å². The number of benzene rings is 1. The molecule has 2 aromatic heterocycles. The average Bonchev–Trinajstić information content (AvgIpc) is 3.38. The van der Waals surface area contributed by atoms with E-state index in [1.807, 2.05) is 24.3 Å². The summed E-state index contributed by atoms with van der Waals surface area (Å²) in [5.74, 6) is 0.671. The first-order chi connectivity index (χ1) is 13.5. The van der Waals surface area contributed by atoms with Crippen molar-refractivity contribution in [1.29, 1.82) is 5.26 Å². The fourth-order valence-electron chi connectivity index (χ4n) is 3.35. The van der Waals surface area contributed by atoms with E-state index >= 15 is 0 Å².